The number of carboxylic acid groups (broad SMARTS) is 1. The molecular formula is C21H20N2O5. The second-order valence-electron chi connectivity index (χ2n) is 6.53. The maximum Gasteiger partial charge on any atom is 0.308 e. The van der Waals surface area contributed by atoms with Gasteiger partial charge < -0.3 is 19.5 Å². The molecule has 3 rings (SSSR count). The van der Waals surface area contributed by atoms with Crippen LogP contribution in [0.15, 0.2) is 48.5 Å². The van der Waals surface area contributed by atoms with Crippen LogP contribution in [0.1, 0.15) is 17.0 Å². The van der Waals surface area contributed by atoms with Crippen molar-refractivity contribution in [3.63, 3.8) is 0 Å². The van der Waals surface area contributed by atoms with Crippen LogP contribution in [0.3, 0.4) is 0 Å². The van der Waals surface area contributed by atoms with Crippen molar-refractivity contribution in [2.45, 2.75) is 5.92 Å². The predicted octanol–water partition coefficient (Wildman–Crippen LogP) is 2.27. The molecule has 1 aliphatic heterocycles. The van der Waals surface area contributed by atoms with E-state index < -0.39 is 11.9 Å². The lowest BCUT2D eigenvalue weighted by atomic mass is 9.89. The average molecular weight is 380 g/mol. The van der Waals surface area contributed by atoms with Gasteiger partial charge in [0.15, 0.2) is 18.1 Å². The molecule has 0 radical (unpaired) electrons. The summed E-state index contributed by atoms with van der Waals surface area (Å²) in [6, 6.07) is 16.0. The second-order valence-corrected chi connectivity index (χ2v) is 6.53. The highest BCUT2D eigenvalue weighted by Gasteiger charge is 2.40. The number of hydrogen-bond donors (Lipinski definition) is 1. The summed E-state index contributed by atoms with van der Waals surface area (Å²) in [6.07, 6.45) is 0. The van der Waals surface area contributed by atoms with E-state index in [0.717, 1.165) is 5.56 Å². The Balaban J connectivity index is 1.68. The van der Waals surface area contributed by atoms with Crippen molar-refractivity contribution in [3.8, 4) is 17.6 Å². The first-order valence-corrected chi connectivity index (χ1v) is 8.80. The Hall–Kier alpha value is -3.53. The van der Waals surface area contributed by atoms with Crippen molar-refractivity contribution in [1.29, 1.82) is 5.26 Å². The van der Waals surface area contributed by atoms with Gasteiger partial charge in [0.1, 0.15) is 0 Å². The number of carbonyl (C=O) groups is 2. The van der Waals surface area contributed by atoms with Gasteiger partial charge in [0.25, 0.3) is 5.91 Å². The molecule has 2 aromatic carbocycles. The maximum atomic E-state index is 12.6. The van der Waals surface area contributed by atoms with Gasteiger partial charge in [0.05, 0.1) is 24.7 Å². The first kappa shape index (κ1) is 19.2. The highest BCUT2D eigenvalue weighted by molar-refractivity contribution is 5.81. The van der Waals surface area contributed by atoms with Gasteiger partial charge >= 0.3 is 5.97 Å². The first-order chi connectivity index (χ1) is 13.5. The van der Waals surface area contributed by atoms with Crippen LogP contribution >= 0.6 is 0 Å². The molecule has 1 amide bonds. The van der Waals surface area contributed by atoms with E-state index in [9.17, 15) is 14.7 Å². The quantitative estimate of drug-likeness (QED) is 0.825. The largest absolute Gasteiger partial charge is 0.493 e. The SMILES string of the molecule is COc1cc(C#N)ccc1OCC(=O)N1C[C@H](C(=O)O)[C@H](c2ccccc2)C1. The molecular weight excluding hydrogens is 360 g/mol. The highest BCUT2D eigenvalue weighted by Crippen LogP contribution is 2.33. The Bertz CT molecular complexity index is 907. The minimum Gasteiger partial charge on any atom is -0.493 e. The summed E-state index contributed by atoms with van der Waals surface area (Å²) in [7, 11) is 1.45. The molecule has 2 aromatic rings. The standard InChI is InChI=1S/C21H20N2O5/c1-27-19-9-14(10-22)7-8-18(19)28-13-20(24)23-11-16(17(12-23)21(25)26)15-5-3-2-4-6-15/h2-9,16-17H,11-13H2,1H3,(H,25,26)/t16-,17-/m0/s1. The summed E-state index contributed by atoms with van der Waals surface area (Å²) >= 11 is 0. The predicted molar refractivity (Wildman–Crippen MR) is 100 cm³/mol. The average Bonchev–Trinajstić information content (AvgIpc) is 3.18. The second kappa shape index (κ2) is 8.44. The molecule has 2 atom stereocenters. The number of aliphatic carboxylic acids is 1. The summed E-state index contributed by atoms with van der Waals surface area (Å²) in [5.74, 6) is -1.42. The lowest BCUT2D eigenvalue weighted by molar-refractivity contribution is -0.142. The third-order valence-electron chi connectivity index (χ3n) is 4.86. The first-order valence-electron chi connectivity index (χ1n) is 8.80. The molecule has 28 heavy (non-hydrogen) atoms. The van der Waals surface area contributed by atoms with E-state index >= 15 is 0 Å². The molecule has 1 N–H and O–H groups in total. The van der Waals surface area contributed by atoms with E-state index in [1.165, 1.54) is 18.1 Å². The summed E-state index contributed by atoms with van der Waals surface area (Å²) in [4.78, 5) is 25.8. The number of benzene rings is 2. The number of nitriles is 1. The fourth-order valence-electron chi connectivity index (χ4n) is 3.38. The lowest BCUT2D eigenvalue weighted by Gasteiger charge is -2.17. The van der Waals surface area contributed by atoms with Crippen molar-refractivity contribution in [1.82, 2.24) is 4.90 Å². The van der Waals surface area contributed by atoms with Crippen LogP contribution in [0.4, 0.5) is 0 Å². The molecule has 7 heteroatoms. The van der Waals surface area contributed by atoms with E-state index in [1.54, 1.807) is 12.1 Å². The van der Waals surface area contributed by atoms with Crippen LogP contribution in [-0.2, 0) is 9.59 Å². The van der Waals surface area contributed by atoms with Crippen molar-refractivity contribution in [2.75, 3.05) is 26.8 Å². The topological polar surface area (TPSA) is 99.9 Å². The summed E-state index contributed by atoms with van der Waals surface area (Å²) in [5, 5.41) is 18.5. The Morgan fingerprint density at radius 1 is 1.18 bits per heavy atom. The number of hydrogen-bond acceptors (Lipinski definition) is 5. The molecule has 0 unspecified atom stereocenters. The molecule has 7 nitrogen and oxygen atoms in total. The van der Waals surface area contributed by atoms with Gasteiger partial charge in [-0.1, -0.05) is 30.3 Å². The van der Waals surface area contributed by atoms with Gasteiger partial charge in [-0.15, -0.1) is 0 Å². The zero-order valence-corrected chi connectivity index (χ0v) is 15.4. The minimum absolute atomic E-state index is 0.140. The fourth-order valence-corrected chi connectivity index (χ4v) is 3.38. The zero-order valence-electron chi connectivity index (χ0n) is 15.4. The summed E-state index contributed by atoms with van der Waals surface area (Å²) < 4.78 is 10.8. The fraction of sp³-hybridized carbons (Fsp3) is 0.286. The van der Waals surface area contributed by atoms with Crippen LogP contribution < -0.4 is 9.47 Å². The minimum atomic E-state index is -0.918. The van der Waals surface area contributed by atoms with Gasteiger partial charge in [0.2, 0.25) is 0 Å². The summed E-state index contributed by atoms with van der Waals surface area (Å²) in [5.41, 5.74) is 1.32. The molecule has 1 fully saturated rings. The number of rotatable bonds is 6. The van der Waals surface area contributed by atoms with E-state index in [4.69, 9.17) is 14.7 Å². The molecule has 1 saturated heterocycles. The van der Waals surface area contributed by atoms with Gasteiger partial charge in [-0.2, -0.15) is 5.26 Å². The third-order valence-corrected chi connectivity index (χ3v) is 4.86. The van der Waals surface area contributed by atoms with Crippen LogP contribution in [0.5, 0.6) is 11.5 Å². The van der Waals surface area contributed by atoms with Crippen molar-refractivity contribution in [2.24, 2.45) is 5.92 Å². The van der Waals surface area contributed by atoms with Gasteiger partial charge in [-0.3, -0.25) is 9.59 Å². The van der Waals surface area contributed by atoms with E-state index in [1.807, 2.05) is 36.4 Å². The van der Waals surface area contributed by atoms with Crippen molar-refractivity contribution >= 4 is 11.9 Å². The summed E-state index contributed by atoms with van der Waals surface area (Å²) in [6.45, 7) is 0.228. The number of methoxy groups -OCH3 is 1. The molecule has 1 aliphatic rings. The molecule has 1 heterocycles. The number of amides is 1. The van der Waals surface area contributed by atoms with Crippen molar-refractivity contribution in [3.05, 3.63) is 59.7 Å². The molecule has 0 aliphatic carbocycles. The normalized spacial score (nSPS) is 18.4. The molecule has 0 saturated carbocycles. The molecule has 0 spiro atoms. The van der Waals surface area contributed by atoms with Gasteiger partial charge in [0, 0.05) is 25.1 Å². The zero-order chi connectivity index (χ0) is 20.1. The molecule has 0 bridgehead atoms. The number of carbonyl (C=O) groups excluding carboxylic acids is 1. The number of nitrogens with zero attached hydrogens (tertiary/aromatic N) is 2. The van der Waals surface area contributed by atoms with E-state index in [-0.39, 0.29) is 25.0 Å². The smallest absolute Gasteiger partial charge is 0.308 e. The monoisotopic (exact) mass is 380 g/mol. The molecule has 0 aromatic heterocycles. The Labute approximate surface area is 162 Å². The van der Waals surface area contributed by atoms with Gasteiger partial charge in [-0.05, 0) is 17.7 Å². The van der Waals surface area contributed by atoms with Crippen LogP contribution in [0.25, 0.3) is 0 Å². The molecule has 144 valence electrons. The Kier molecular flexibility index (Phi) is 5.80. The third kappa shape index (κ3) is 4.07. The Morgan fingerprint density at radius 3 is 2.57 bits per heavy atom. The number of carboxylic acids is 1. The van der Waals surface area contributed by atoms with Crippen LogP contribution in [0.2, 0.25) is 0 Å². The van der Waals surface area contributed by atoms with Crippen molar-refractivity contribution < 1.29 is 24.2 Å². The Morgan fingerprint density at radius 2 is 1.93 bits per heavy atom. The van der Waals surface area contributed by atoms with Crippen LogP contribution in [0, 0.1) is 17.2 Å². The highest BCUT2D eigenvalue weighted by atomic mass is 16.5. The number of ether oxygens (including phenoxy) is 2. The lowest BCUT2D eigenvalue weighted by Crippen LogP contribution is -2.33. The number of likely N-dealkylation sites (tertiary alicyclic amines) is 1. The van der Waals surface area contributed by atoms with E-state index in [0.29, 0.717) is 23.6 Å². The van der Waals surface area contributed by atoms with Crippen LogP contribution in [-0.4, -0.2) is 48.7 Å². The van der Waals surface area contributed by atoms with Gasteiger partial charge in [-0.25, -0.2) is 0 Å². The van der Waals surface area contributed by atoms with E-state index in [2.05, 4.69) is 0 Å². The maximum absolute atomic E-state index is 12.6.